The first-order valence-corrected chi connectivity index (χ1v) is 8.43. The molecule has 12 nitrogen and oxygen atoms in total. The van der Waals surface area contributed by atoms with Crippen molar-refractivity contribution >= 4 is 17.8 Å². The molecule has 1 rings (SSSR count). The molecule has 0 bridgehead atoms. The van der Waals surface area contributed by atoms with Crippen LogP contribution in [0.4, 0.5) is 0 Å². The highest BCUT2D eigenvalue weighted by atomic mass is 16.6. The molecular weight excluding hydrogens is 368 g/mol. The minimum Gasteiger partial charge on any atom is -0.480 e. The molecule has 12 heteroatoms. The van der Waals surface area contributed by atoms with Crippen molar-refractivity contribution in [1.29, 1.82) is 0 Å². The van der Waals surface area contributed by atoms with E-state index in [-0.39, 0.29) is 6.42 Å². The Balaban J connectivity index is 2.50. The Hall–Kier alpha value is -1.83. The van der Waals surface area contributed by atoms with E-state index in [1.165, 1.54) is 6.92 Å². The number of unbranched alkanes of at least 4 members (excludes halogenated alkanes) is 1. The van der Waals surface area contributed by atoms with Gasteiger partial charge in [0.05, 0.1) is 0 Å². The van der Waals surface area contributed by atoms with Crippen molar-refractivity contribution in [3.63, 3.8) is 0 Å². The number of carboxylic acids is 2. The second-order valence-corrected chi connectivity index (χ2v) is 6.33. The molecule has 8 N–H and O–H groups in total. The highest BCUT2D eigenvalue weighted by Gasteiger charge is 2.46. The summed E-state index contributed by atoms with van der Waals surface area (Å²) in [6, 6.07) is -2.05. The molecule has 0 unspecified atom stereocenters. The predicted molar refractivity (Wildman–Crippen MR) is 87.4 cm³/mol. The van der Waals surface area contributed by atoms with E-state index in [4.69, 9.17) is 9.84 Å². The van der Waals surface area contributed by atoms with E-state index in [1.807, 2.05) is 0 Å². The van der Waals surface area contributed by atoms with Crippen LogP contribution in [-0.4, -0.2) is 97.8 Å². The standard InChI is InChI=1S/C15H26N2O10/c1-6(13(22)23)16-5-3-2-4-7(14(24)25)17-12(21)11-9(19)8(18)10(20)15(26)27-11/h6-11,15-16,18-20,26H,2-5H2,1H3,(H,17,21)(H,22,23)(H,24,25)/t6-,7+,8+,9-,10-,11+,15+/m1/s1. The topological polar surface area (TPSA) is 206 Å². The minimum absolute atomic E-state index is 0.0285. The fraction of sp³-hybridized carbons (Fsp3) is 0.800. The quantitative estimate of drug-likeness (QED) is 0.171. The van der Waals surface area contributed by atoms with Crippen LogP contribution in [0.2, 0.25) is 0 Å². The lowest BCUT2D eigenvalue weighted by Gasteiger charge is -2.37. The van der Waals surface area contributed by atoms with Gasteiger partial charge in [0.1, 0.15) is 30.4 Å². The average molecular weight is 394 g/mol. The number of nitrogens with one attached hydrogen (secondary N) is 2. The van der Waals surface area contributed by atoms with E-state index >= 15 is 0 Å². The Labute approximate surface area is 154 Å². The number of carbonyl (C=O) groups excluding carboxylic acids is 1. The molecule has 1 heterocycles. The Morgan fingerprint density at radius 3 is 2.15 bits per heavy atom. The largest absolute Gasteiger partial charge is 0.480 e. The number of carboxylic acid groups (broad SMARTS) is 2. The van der Waals surface area contributed by atoms with Crippen molar-refractivity contribution in [3.05, 3.63) is 0 Å². The van der Waals surface area contributed by atoms with Crippen molar-refractivity contribution in [2.75, 3.05) is 6.54 Å². The average Bonchev–Trinajstić information content (AvgIpc) is 2.60. The van der Waals surface area contributed by atoms with E-state index in [1.54, 1.807) is 0 Å². The number of aliphatic hydroxyl groups excluding tert-OH is 4. The highest BCUT2D eigenvalue weighted by Crippen LogP contribution is 2.20. The lowest BCUT2D eigenvalue weighted by atomic mass is 9.98. The molecule has 1 saturated heterocycles. The van der Waals surface area contributed by atoms with Gasteiger partial charge in [0.25, 0.3) is 5.91 Å². The molecule has 0 aromatic heterocycles. The first kappa shape index (κ1) is 23.2. The van der Waals surface area contributed by atoms with E-state index in [2.05, 4.69) is 10.6 Å². The highest BCUT2D eigenvalue weighted by molar-refractivity contribution is 5.86. The SMILES string of the molecule is C[C@@H](NCCCC[C@H](NC(=O)[C@H]1O[C@H](O)[C@H](O)[C@@H](O)[C@H]1O)C(=O)O)C(=O)O. The first-order valence-electron chi connectivity index (χ1n) is 8.43. The zero-order valence-electron chi connectivity index (χ0n) is 14.7. The van der Waals surface area contributed by atoms with Gasteiger partial charge >= 0.3 is 11.9 Å². The number of hydrogen-bond donors (Lipinski definition) is 8. The second kappa shape index (κ2) is 10.5. The molecule has 0 aliphatic carbocycles. The van der Waals surface area contributed by atoms with Crippen molar-refractivity contribution in [3.8, 4) is 0 Å². The summed E-state index contributed by atoms with van der Waals surface area (Å²) in [7, 11) is 0. The van der Waals surface area contributed by atoms with Crippen molar-refractivity contribution in [2.45, 2.75) is 69.0 Å². The molecule has 1 amide bonds. The molecule has 1 aliphatic heterocycles. The van der Waals surface area contributed by atoms with Crippen LogP contribution in [0.1, 0.15) is 26.2 Å². The number of hydrogen-bond acceptors (Lipinski definition) is 9. The summed E-state index contributed by atoms with van der Waals surface area (Å²) < 4.78 is 4.74. The molecular formula is C15H26N2O10. The smallest absolute Gasteiger partial charge is 0.326 e. The number of aliphatic carboxylic acids is 2. The van der Waals surface area contributed by atoms with Gasteiger partial charge in [-0.2, -0.15) is 0 Å². The summed E-state index contributed by atoms with van der Waals surface area (Å²) in [5, 5.41) is 61.0. The molecule has 0 saturated carbocycles. The minimum atomic E-state index is -1.91. The fourth-order valence-corrected chi connectivity index (χ4v) is 2.47. The number of amides is 1. The monoisotopic (exact) mass is 394 g/mol. The van der Waals surface area contributed by atoms with E-state index in [9.17, 15) is 39.9 Å². The van der Waals surface area contributed by atoms with Gasteiger partial charge in [-0.25, -0.2) is 4.79 Å². The normalized spacial score (nSPS) is 30.3. The van der Waals surface area contributed by atoms with Gasteiger partial charge in [-0.15, -0.1) is 0 Å². The second-order valence-electron chi connectivity index (χ2n) is 6.33. The van der Waals surface area contributed by atoms with Crippen LogP contribution >= 0.6 is 0 Å². The summed E-state index contributed by atoms with van der Waals surface area (Å²) in [6.45, 7) is 1.81. The Morgan fingerprint density at radius 2 is 1.59 bits per heavy atom. The molecule has 0 aromatic rings. The molecule has 0 radical (unpaired) electrons. The zero-order valence-corrected chi connectivity index (χ0v) is 14.7. The maximum absolute atomic E-state index is 12.1. The van der Waals surface area contributed by atoms with Crippen LogP contribution in [-0.2, 0) is 19.1 Å². The first-order chi connectivity index (χ1) is 12.6. The van der Waals surface area contributed by atoms with Crippen LogP contribution in [0.25, 0.3) is 0 Å². The van der Waals surface area contributed by atoms with Crippen LogP contribution < -0.4 is 10.6 Å². The molecule has 156 valence electrons. The zero-order chi connectivity index (χ0) is 20.7. The third kappa shape index (κ3) is 6.68. The van der Waals surface area contributed by atoms with E-state index in [0.29, 0.717) is 19.4 Å². The number of aliphatic hydroxyl groups is 4. The summed E-state index contributed by atoms with van der Waals surface area (Å²) in [5.41, 5.74) is 0. The maximum Gasteiger partial charge on any atom is 0.326 e. The third-order valence-corrected chi connectivity index (χ3v) is 4.20. The van der Waals surface area contributed by atoms with Gasteiger partial charge in [-0.1, -0.05) is 0 Å². The molecule has 1 fully saturated rings. The van der Waals surface area contributed by atoms with Gasteiger partial charge < -0.3 is 46.0 Å². The van der Waals surface area contributed by atoms with Gasteiger partial charge in [0.2, 0.25) is 0 Å². The lowest BCUT2D eigenvalue weighted by Crippen LogP contribution is -2.62. The van der Waals surface area contributed by atoms with Gasteiger partial charge in [0.15, 0.2) is 12.4 Å². The number of rotatable bonds is 10. The van der Waals surface area contributed by atoms with Gasteiger partial charge in [-0.05, 0) is 32.7 Å². The summed E-state index contributed by atoms with van der Waals surface area (Å²) in [6.07, 6.45) is -8.31. The molecule has 1 aliphatic rings. The van der Waals surface area contributed by atoms with Gasteiger partial charge in [-0.3, -0.25) is 9.59 Å². The Kier molecular flexibility index (Phi) is 9.02. The molecule has 7 atom stereocenters. The van der Waals surface area contributed by atoms with Crippen LogP contribution in [0, 0.1) is 0 Å². The van der Waals surface area contributed by atoms with Crippen LogP contribution in [0.5, 0.6) is 0 Å². The predicted octanol–water partition coefficient (Wildman–Crippen LogP) is -3.41. The van der Waals surface area contributed by atoms with E-state index < -0.39 is 60.6 Å². The molecule has 0 aromatic carbocycles. The molecule has 0 spiro atoms. The summed E-state index contributed by atoms with van der Waals surface area (Å²) in [5.74, 6) is -3.40. The molecule has 27 heavy (non-hydrogen) atoms. The Bertz CT molecular complexity index is 531. The Morgan fingerprint density at radius 1 is 0.963 bits per heavy atom. The maximum atomic E-state index is 12.1. The van der Waals surface area contributed by atoms with Crippen molar-refractivity contribution in [1.82, 2.24) is 10.6 Å². The summed E-state index contributed by atoms with van der Waals surface area (Å²) in [4.78, 5) is 34.1. The van der Waals surface area contributed by atoms with Crippen molar-refractivity contribution < 1.29 is 49.8 Å². The lowest BCUT2D eigenvalue weighted by molar-refractivity contribution is -0.275. The van der Waals surface area contributed by atoms with Crippen molar-refractivity contribution in [2.24, 2.45) is 0 Å². The van der Waals surface area contributed by atoms with Crippen LogP contribution in [0.15, 0.2) is 0 Å². The number of ether oxygens (including phenoxy) is 1. The van der Waals surface area contributed by atoms with E-state index in [0.717, 1.165) is 0 Å². The van der Waals surface area contributed by atoms with Gasteiger partial charge in [0, 0.05) is 0 Å². The third-order valence-electron chi connectivity index (χ3n) is 4.20. The summed E-state index contributed by atoms with van der Waals surface area (Å²) >= 11 is 0. The number of carbonyl (C=O) groups is 3. The van der Waals surface area contributed by atoms with Crippen LogP contribution in [0.3, 0.4) is 0 Å². The fourth-order valence-electron chi connectivity index (χ4n) is 2.47.